The van der Waals surface area contributed by atoms with E-state index in [0.29, 0.717) is 32.6 Å². The van der Waals surface area contributed by atoms with Gasteiger partial charge in [-0.3, -0.25) is 4.79 Å². The van der Waals surface area contributed by atoms with Crippen LogP contribution in [0.1, 0.15) is 35.7 Å². The van der Waals surface area contributed by atoms with Gasteiger partial charge in [0.25, 0.3) is 5.91 Å². The summed E-state index contributed by atoms with van der Waals surface area (Å²) in [5, 5.41) is 10.5. The first-order chi connectivity index (χ1) is 9.56. The van der Waals surface area contributed by atoms with E-state index in [4.69, 9.17) is 4.74 Å². The molecular formula is C16H23NO3. The zero-order chi connectivity index (χ0) is 14.6. The van der Waals surface area contributed by atoms with Crippen LogP contribution in [0.5, 0.6) is 0 Å². The molecule has 1 amide bonds. The minimum atomic E-state index is -0.816. The SMILES string of the molecule is CCc1ccccc1C(=O)N(C)CC1(O)CCOCC1. The van der Waals surface area contributed by atoms with Gasteiger partial charge in [-0.05, 0) is 18.1 Å². The molecule has 1 saturated heterocycles. The number of aryl methyl sites for hydroxylation is 1. The number of likely N-dealkylation sites (N-methyl/N-ethyl adjacent to an activating group) is 1. The molecule has 0 aliphatic carbocycles. The minimum Gasteiger partial charge on any atom is -0.388 e. The number of hydrogen-bond acceptors (Lipinski definition) is 3. The molecule has 20 heavy (non-hydrogen) atoms. The molecule has 0 unspecified atom stereocenters. The van der Waals surface area contributed by atoms with Gasteiger partial charge < -0.3 is 14.7 Å². The molecule has 2 rings (SSSR count). The third kappa shape index (κ3) is 3.38. The van der Waals surface area contributed by atoms with E-state index < -0.39 is 5.60 Å². The van der Waals surface area contributed by atoms with Gasteiger partial charge >= 0.3 is 0 Å². The second kappa shape index (κ2) is 6.37. The van der Waals surface area contributed by atoms with Crippen molar-refractivity contribution in [1.29, 1.82) is 0 Å². The quantitative estimate of drug-likeness (QED) is 0.914. The van der Waals surface area contributed by atoms with Gasteiger partial charge in [0, 0.05) is 45.2 Å². The van der Waals surface area contributed by atoms with Crippen molar-refractivity contribution >= 4 is 5.91 Å². The lowest BCUT2D eigenvalue weighted by Crippen LogP contribution is -2.47. The molecule has 0 radical (unpaired) electrons. The van der Waals surface area contributed by atoms with Crippen LogP contribution in [0.25, 0.3) is 0 Å². The maximum Gasteiger partial charge on any atom is 0.253 e. The Morgan fingerprint density at radius 2 is 2.00 bits per heavy atom. The number of carbonyl (C=O) groups excluding carboxylic acids is 1. The van der Waals surface area contributed by atoms with Crippen LogP contribution in [-0.2, 0) is 11.2 Å². The van der Waals surface area contributed by atoms with Crippen molar-refractivity contribution in [3.63, 3.8) is 0 Å². The summed E-state index contributed by atoms with van der Waals surface area (Å²) in [5.41, 5.74) is 0.959. The van der Waals surface area contributed by atoms with Gasteiger partial charge in [-0.1, -0.05) is 25.1 Å². The Labute approximate surface area is 120 Å². The first kappa shape index (κ1) is 15.0. The summed E-state index contributed by atoms with van der Waals surface area (Å²) in [6.45, 7) is 3.51. The third-order valence-corrected chi connectivity index (χ3v) is 3.93. The predicted molar refractivity (Wildman–Crippen MR) is 77.8 cm³/mol. The number of carbonyl (C=O) groups is 1. The molecule has 110 valence electrons. The number of ether oxygens (including phenoxy) is 1. The van der Waals surface area contributed by atoms with Crippen LogP contribution >= 0.6 is 0 Å². The maximum absolute atomic E-state index is 12.5. The Balaban J connectivity index is 2.08. The van der Waals surface area contributed by atoms with E-state index in [1.807, 2.05) is 31.2 Å². The fraction of sp³-hybridized carbons (Fsp3) is 0.562. The second-order valence-corrected chi connectivity index (χ2v) is 5.51. The number of amides is 1. The molecule has 0 aromatic heterocycles. The van der Waals surface area contributed by atoms with Crippen molar-refractivity contribution in [1.82, 2.24) is 4.90 Å². The summed E-state index contributed by atoms with van der Waals surface area (Å²) in [4.78, 5) is 14.1. The molecule has 4 heteroatoms. The average molecular weight is 277 g/mol. The van der Waals surface area contributed by atoms with Crippen LogP contribution < -0.4 is 0 Å². The summed E-state index contributed by atoms with van der Waals surface area (Å²) in [6.07, 6.45) is 1.99. The van der Waals surface area contributed by atoms with Crippen LogP contribution in [0.2, 0.25) is 0 Å². The van der Waals surface area contributed by atoms with Crippen molar-refractivity contribution < 1.29 is 14.6 Å². The van der Waals surface area contributed by atoms with E-state index in [1.54, 1.807) is 11.9 Å². The fourth-order valence-corrected chi connectivity index (χ4v) is 2.67. The maximum atomic E-state index is 12.5. The highest BCUT2D eigenvalue weighted by Gasteiger charge is 2.32. The zero-order valence-corrected chi connectivity index (χ0v) is 12.3. The van der Waals surface area contributed by atoms with Crippen LogP contribution in [0.3, 0.4) is 0 Å². The second-order valence-electron chi connectivity index (χ2n) is 5.51. The molecule has 1 aliphatic rings. The molecule has 0 saturated carbocycles. The van der Waals surface area contributed by atoms with Gasteiger partial charge in [0.1, 0.15) is 0 Å². The highest BCUT2D eigenvalue weighted by atomic mass is 16.5. The fourth-order valence-electron chi connectivity index (χ4n) is 2.67. The number of hydrogen-bond donors (Lipinski definition) is 1. The Bertz CT molecular complexity index is 467. The first-order valence-electron chi connectivity index (χ1n) is 7.19. The summed E-state index contributed by atoms with van der Waals surface area (Å²) in [7, 11) is 1.75. The van der Waals surface area contributed by atoms with Crippen LogP contribution in [0.4, 0.5) is 0 Å². The highest BCUT2D eigenvalue weighted by molar-refractivity contribution is 5.95. The summed E-state index contributed by atoms with van der Waals surface area (Å²) in [5.74, 6) is -0.0256. The molecule has 4 nitrogen and oxygen atoms in total. The number of nitrogens with zero attached hydrogens (tertiary/aromatic N) is 1. The average Bonchev–Trinajstić information content (AvgIpc) is 2.46. The topological polar surface area (TPSA) is 49.8 Å². The standard InChI is InChI=1S/C16H23NO3/c1-3-13-6-4-5-7-14(13)15(18)17(2)12-16(19)8-10-20-11-9-16/h4-7,19H,3,8-12H2,1-2H3. The lowest BCUT2D eigenvalue weighted by Gasteiger charge is -2.35. The Kier molecular flexibility index (Phi) is 4.78. The summed E-state index contributed by atoms with van der Waals surface area (Å²) >= 11 is 0. The van der Waals surface area contributed by atoms with E-state index >= 15 is 0 Å². The summed E-state index contributed by atoms with van der Waals surface area (Å²) < 4.78 is 5.26. The van der Waals surface area contributed by atoms with Gasteiger partial charge in [-0.2, -0.15) is 0 Å². The van der Waals surface area contributed by atoms with E-state index in [9.17, 15) is 9.90 Å². The molecule has 0 spiro atoms. The Morgan fingerprint density at radius 1 is 1.35 bits per heavy atom. The highest BCUT2D eigenvalue weighted by Crippen LogP contribution is 2.22. The van der Waals surface area contributed by atoms with E-state index in [0.717, 1.165) is 17.5 Å². The van der Waals surface area contributed by atoms with Gasteiger partial charge in [0.15, 0.2) is 0 Å². The van der Waals surface area contributed by atoms with E-state index in [2.05, 4.69) is 0 Å². The lowest BCUT2D eigenvalue weighted by atomic mass is 9.93. The van der Waals surface area contributed by atoms with Crippen molar-refractivity contribution in [3.05, 3.63) is 35.4 Å². The van der Waals surface area contributed by atoms with Gasteiger partial charge in [0.2, 0.25) is 0 Å². The van der Waals surface area contributed by atoms with Gasteiger partial charge in [-0.15, -0.1) is 0 Å². The third-order valence-electron chi connectivity index (χ3n) is 3.93. The molecular weight excluding hydrogens is 254 g/mol. The Hall–Kier alpha value is -1.39. The molecule has 1 aliphatic heterocycles. The molecule has 1 N–H and O–H groups in total. The molecule has 1 heterocycles. The van der Waals surface area contributed by atoms with Crippen LogP contribution in [0, 0.1) is 0 Å². The van der Waals surface area contributed by atoms with Crippen molar-refractivity contribution in [2.45, 2.75) is 31.8 Å². The largest absolute Gasteiger partial charge is 0.388 e. The molecule has 1 aromatic rings. The van der Waals surface area contributed by atoms with Crippen LogP contribution in [0.15, 0.2) is 24.3 Å². The molecule has 0 atom stereocenters. The number of aliphatic hydroxyl groups is 1. The monoisotopic (exact) mass is 277 g/mol. The van der Waals surface area contributed by atoms with Crippen molar-refractivity contribution in [2.24, 2.45) is 0 Å². The predicted octanol–water partition coefficient (Wildman–Crippen LogP) is 1.86. The summed E-state index contributed by atoms with van der Waals surface area (Å²) in [6, 6.07) is 7.65. The first-order valence-corrected chi connectivity index (χ1v) is 7.19. The smallest absolute Gasteiger partial charge is 0.253 e. The number of rotatable bonds is 4. The minimum absolute atomic E-state index is 0.0256. The zero-order valence-electron chi connectivity index (χ0n) is 12.3. The molecule has 1 aromatic carbocycles. The van der Waals surface area contributed by atoms with Crippen LogP contribution in [-0.4, -0.2) is 48.3 Å². The molecule has 0 bridgehead atoms. The number of benzene rings is 1. The Morgan fingerprint density at radius 3 is 2.65 bits per heavy atom. The van der Waals surface area contributed by atoms with Crippen molar-refractivity contribution in [3.8, 4) is 0 Å². The van der Waals surface area contributed by atoms with Gasteiger partial charge in [0.05, 0.1) is 5.60 Å². The normalized spacial score (nSPS) is 17.8. The van der Waals surface area contributed by atoms with Crippen molar-refractivity contribution in [2.75, 3.05) is 26.8 Å². The lowest BCUT2D eigenvalue weighted by molar-refractivity contribution is -0.0734. The van der Waals surface area contributed by atoms with Gasteiger partial charge in [-0.25, -0.2) is 0 Å². The molecule has 1 fully saturated rings. The van der Waals surface area contributed by atoms with E-state index in [1.165, 1.54) is 0 Å². The van der Waals surface area contributed by atoms with E-state index in [-0.39, 0.29) is 5.91 Å².